The highest BCUT2D eigenvalue weighted by molar-refractivity contribution is 7.16. The Bertz CT molecular complexity index is 1770. The van der Waals surface area contributed by atoms with E-state index in [1.54, 1.807) is 0 Å². The number of allylic oxidation sites excluding steroid dienone is 2. The number of hydrogen-bond donors (Lipinski definition) is 0. The van der Waals surface area contributed by atoms with Gasteiger partial charge in [0.05, 0.1) is 10.6 Å². The smallest absolute Gasteiger partial charge is 0.0579 e. The van der Waals surface area contributed by atoms with Gasteiger partial charge in [0.15, 0.2) is 0 Å². The molecular formula is C50H72N2S. The van der Waals surface area contributed by atoms with Crippen LogP contribution in [-0.2, 0) is 16.2 Å². The van der Waals surface area contributed by atoms with Gasteiger partial charge in [-0.3, -0.25) is 0 Å². The van der Waals surface area contributed by atoms with E-state index in [-0.39, 0.29) is 16.2 Å². The molecule has 1 atom stereocenters. The van der Waals surface area contributed by atoms with Crippen LogP contribution < -0.4 is 9.80 Å². The van der Waals surface area contributed by atoms with Gasteiger partial charge in [-0.15, -0.1) is 17.9 Å². The van der Waals surface area contributed by atoms with Gasteiger partial charge in [0.25, 0.3) is 0 Å². The van der Waals surface area contributed by atoms with Crippen LogP contribution in [0.4, 0.5) is 17.1 Å². The van der Waals surface area contributed by atoms with Gasteiger partial charge < -0.3 is 9.80 Å². The quantitative estimate of drug-likeness (QED) is 0.134. The lowest BCUT2D eigenvalue weighted by atomic mass is 9.61. The molecule has 0 aliphatic heterocycles. The largest absolute Gasteiger partial charge is 0.376 e. The maximum absolute atomic E-state index is 4.04. The van der Waals surface area contributed by atoms with Crippen molar-refractivity contribution in [1.29, 1.82) is 0 Å². The van der Waals surface area contributed by atoms with E-state index in [1.807, 2.05) is 17.4 Å². The molecule has 1 unspecified atom stereocenters. The van der Waals surface area contributed by atoms with Gasteiger partial charge >= 0.3 is 0 Å². The molecule has 288 valence electrons. The molecule has 3 aromatic carbocycles. The lowest BCUT2D eigenvalue weighted by Crippen LogP contribution is -2.40. The van der Waals surface area contributed by atoms with E-state index >= 15 is 0 Å². The first kappa shape index (κ1) is 43.8. The second-order valence-electron chi connectivity index (χ2n) is 18.2. The molecule has 4 aromatic rings. The minimum absolute atomic E-state index is 0.0873. The van der Waals surface area contributed by atoms with Crippen LogP contribution in [0.5, 0.6) is 0 Å². The second kappa shape index (κ2) is 17.7. The molecule has 0 fully saturated rings. The first-order valence-electron chi connectivity index (χ1n) is 19.8. The van der Waals surface area contributed by atoms with E-state index in [1.165, 1.54) is 54.6 Å². The molecular weight excluding hydrogens is 661 g/mol. The molecule has 0 radical (unpaired) electrons. The summed E-state index contributed by atoms with van der Waals surface area (Å²) in [6.45, 7) is 36.9. The van der Waals surface area contributed by atoms with Gasteiger partial charge in [0, 0.05) is 36.9 Å². The summed E-state index contributed by atoms with van der Waals surface area (Å²) in [6, 6.07) is 29.9. The second-order valence-corrected chi connectivity index (χ2v) is 19.2. The number of benzene rings is 3. The number of nitrogens with zero attached hydrogens (tertiary/aromatic N) is 2. The van der Waals surface area contributed by atoms with Crippen LogP contribution in [0.15, 0.2) is 103 Å². The number of anilines is 3. The Morgan fingerprint density at radius 3 is 1.58 bits per heavy atom. The van der Waals surface area contributed by atoms with E-state index in [9.17, 15) is 0 Å². The summed E-state index contributed by atoms with van der Waals surface area (Å²) >= 11 is 1.92. The Balaban J connectivity index is 0.000000743. The average molecular weight is 733 g/mol. The van der Waals surface area contributed by atoms with Crippen molar-refractivity contribution in [2.75, 3.05) is 30.4 Å². The number of thiophene rings is 1. The van der Waals surface area contributed by atoms with E-state index in [0.717, 1.165) is 19.4 Å². The topological polar surface area (TPSA) is 6.48 Å². The van der Waals surface area contributed by atoms with Crippen LogP contribution in [0.1, 0.15) is 137 Å². The lowest BCUT2D eigenvalue weighted by molar-refractivity contribution is 0.303. The Morgan fingerprint density at radius 2 is 1.21 bits per heavy atom. The van der Waals surface area contributed by atoms with Crippen molar-refractivity contribution in [2.45, 2.75) is 132 Å². The first-order valence-corrected chi connectivity index (χ1v) is 20.6. The van der Waals surface area contributed by atoms with Crippen molar-refractivity contribution < 1.29 is 0 Å². The maximum Gasteiger partial charge on any atom is 0.0579 e. The molecule has 3 heteroatoms. The molecule has 0 N–H and O–H groups in total. The molecule has 0 bridgehead atoms. The van der Waals surface area contributed by atoms with Gasteiger partial charge in [-0.1, -0.05) is 156 Å². The zero-order chi connectivity index (χ0) is 39.9. The molecule has 1 aromatic heterocycles. The molecule has 0 aliphatic carbocycles. The van der Waals surface area contributed by atoms with Crippen LogP contribution in [0.2, 0.25) is 0 Å². The fourth-order valence-electron chi connectivity index (χ4n) is 6.43. The van der Waals surface area contributed by atoms with Crippen molar-refractivity contribution in [3.05, 3.63) is 125 Å². The fourth-order valence-corrected chi connectivity index (χ4v) is 7.72. The minimum atomic E-state index is -0.0919. The summed E-state index contributed by atoms with van der Waals surface area (Å²) in [5, 5.41) is 0. The van der Waals surface area contributed by atoms with Crippen LogP contribution >= 0.6 is 11.3 Å². The van der Waals surface area contributed by atoms with Gasteiger partial charge in [0.2, 0.25) is 0 Å². The van der Waals surface area contributed by atoms with Gasteiger partial charge in [-0.05, 0) is 99.9 Å². The third-order valence-electron chi connectivity index (χ3n) is 11.7. The van der Waals surface area contributed by atoms with E-state index < -0.39 is 0 Å². The molecule has 4 rings (SSSR count). The molecule has 0 spiro atoms. The standard InChI is InChI=1S/C41H54N2S.C9H18/c1-13-27-43(34-23-17-30(18-24-34)29(3)14-2)35-25-21-33(22-26-35)41(9,10)40(7,8)32-19-15-31(16-20-32)38-36(42(11)12)28-37(44-38)39(4,5)6;1-6-7-8(2)9(3,4)5/h13,15-26,28-29H,1,14,27H2,2-12H3;7H,6H2,1-5H3/b;8-7+. The minimum Gasteiger partial charge on any atom is -0.376 e. The molecule has 53 heavy (non-hydrogen) atoms. The average Bonchev–Trinajstić information content (AvgIpc) is 3.58. The molecule has 0 amide bonds. The predicted molar refractivity (Wildman–Crippen MR) is 241 cm³/mol. The summed E-state index contributed by atoms with van der Waals surface area (Å²) in [5.41, 5.74) is 10.9. The molecule has 1 heterocycles. The van der Waals surface area contributed by atoms with E-state index in [4.69, 9.17) is 0 Å². The highest BCUT2D eigenvalue weighted by Crippen LogP contribution is 2.46. The Labute approximate surface area is 330 Å². The van der Waals surface area contributed by atoms with Gasteiger partial charge in [-0.2, -0.15) is 0 Å². The Morgan fingerprint density at radius 1 is 0.736 bits per heavy atom. The zero-order valence-corrected chi connectivity index (χ0v) is 37.2. The first-order chi connectivity index (χ1) is 24.6. The van der Waals surface area contributed by atoms with Crippen molar-refractivity contribution in [2.24, 2.45) is 5.41 Å². The summed E-state index contributed by atoms with van der Waals surface area (Å²) < 4.78 is 0. The summed E-state index contributed by atoms with van der Waals surface area (Å²) in [7, 11) is 4.28. The van der Waals surface area contributed by atoms with Crippen LogP contribution in [0, 0.1) is 5.41 Å². The maximum atomic E-state index is 4.04. The van der Waals surface area contributed by atoms with Crippen LogP contribution in [-0.4, -0.2) is 20.6 Å². The van der Waals surface area contributed by atoms with Crippen molar-refractivity contribution in [1.82, 2.24) is 0 Å². The Hall–Kier alpha value is -3.56. The third-order valence-corrected chi connectivity index (χ3v) is 13.3. The van der Waals surface area contributed by atoms with E-state index in [2.05, 4.69) is 212 Å². The molecule has 0 saturated heterocycles. The van der Waals surface area contributed by atoms with Crippen LogP contribution in [0.3, 0.4) is 0 Å². The van der Waals surface area contributed by atoms with Crippen molar-refractivity contribution >= 4 is 28.4 Å². The number of rotatable bonds is 12. The van der Waals surface area contributed by atoms with E-state index in [0.29, 0.717) is 11.3 Å². The summed E-state index contributed by atoms with van der Waals surface area (Å²) in [4.78, 5) is 7.34. The molecule has 0 aliphatic rings. The highest BCUT2D eigenvalue weighted by atomic mass is 32.1. The SMILES string of the molecule is C=CCN(c1ccc(C(C)CC)cc1)c1ccc(C(C)(C)C(C)(C)c2ccc(-c3sc(C(C)(C)C)cc3N(C)C)cc2)cc1.CC/C=C(\C)C(C)(C)C. The normalized spacial score (nSPS) is 13.2. The van der Waals surface area contributed by atoms with Crippen molar-refractivity contribution in [3.63, 3.8) is 0 Å². The zero-order valence-electron chi connectivity index (χ0n) is 36.4. The highest BCUT2D eigenvalue weighted by Gasteiger charge is 2.40. The Kier molecular flexibility index (Phi) is 14.7. The number of hydrogen-bond acceptors (Lipinski definition) is 3. The molecule has 2 nitrogen and oxygen atoms in total. The van der Waals surface area contributed by atoms with Crippen LogP contribution in [0.25, 0.3) is 10.4 Å². The molecule has 0 saturated carbocycles. The summed E-state index contributed by atoms with van der Waals surface area (Å²) in [5.74, 6) is 0.575. The van der Waals surface area contributed by atoms with Crippen molar-refractivity contribution in [3.8, 4) is 10.4 Å². The predicted octanol–water partition coefficient (Wildman–Crippen LogP) is 15.3. The fraction of sp³-hybridized carbons (Fsp3) is 0.480. The third kappa shape index (κ3) is 10.6. The lowest BCUT2D eigenvalue weighted by Gasteiger charge is -2.43. The van der Waals surface area contributed by atoms with Gasteiger partial charge in [0.1, 0.15) is 0 Å². The summed E-state index contributed by atoms with van der Waals surface area (Å²) in [6.07, 6.45) is 6.58. The monoisotopic (exact) mass is 733 g/mol. The van der Waals surface area contributed by atoms with Gasteiger partial charge in [-0.25, -0.2) is 0 Å².